The summed E-state index contributed by atoms with van der Waals surface area (Å²) in [5.41, 5.74) is 0.945. The van der Waals surface area contributed by atoms with Crippen LogP contribution in [0.5, 0.6) is 5.75 Å². The molecule has 1 fully saturated rings. The molecule has 0 unspecified atom stereocenters. The van der Waals surface area contributed by atoms with E-state index in [4.69, 9.17) is 4.74 Å². The Kier molecular flexibility index (Phi) is 7.40. The molecule has 0 radical (unpaired) electrons. The molecule has 1 saturated carbocycles. The second-order valence-corrected chi connectivity index (χ2v) is 7.78. The molecule has 0 amide bonds. The fourth-order valence-electron chi connectivity index (χ4n) is 4.29. The van der Waals surface area contributed by atoms with Gasteiger partial charge in [0.2, 0.25) is 5.82 Å². The number of benzene rings is 2. The van der Waals surface area contributed by atoms with E-state index in [1.54, 1.807) is 13.0 Å². The zero-order valence-corrected chi connectivity index (χ0v) is 17.2. The monoisotopic (exact) mass is 402 g/mol. The maximum absolute atomic E-state index is 14.8. The third-order valence-corrected chi connectivity index (χ3v) is 5.93. The number of ether oxygens (including phenoxy) is 1. The van der Waals surface area contributed by atoms with E-state index in [0.29, 0.717) is 5.92 Å². The standard InChI is InChI=1S/C25H29F3O/c1-3-5-6-7-17-8-10-18(11-9-17)19-12-13-20(22(26)16-19)21-14-15-23(29-4-2)25(28)24(21)27/h3,5,12-18H,4,6-11H2,1-2H3/b5-3+. The van der Waals surface area contributed by atoms with Gasteiger partial charge in [0.15, 0.2) is 11.6 Å². The Bertz CT molecular complexity index is 851. The highest BCUT2D eigenvalue weighted by Crippen LogP contribution is 2.39. The molecule has 2 aromatic carbocycles. The van der Waals surface area contributed by atoms with E-state index in [1.165, 1.54) is 24.6 Å². The van der Waals surface area contributed by atoms with Crippen LogP contribution in [0.4, 0.5) is 13.2 Å². The normalized spacial score (nSPS) is 19.6. The van der Waals surface area contributed by atoms with Gasteiger partial charge in [-0.15, -0.1) is 0 Å². The lowest BCUT2D eigenvalue weighted by Crippen LogP contribution is -2.13. The quantitative estimate of drug-likeness (QED) is 0.429. The molecule has 0 bridgehead atoms. The van der Waals surface area contributed by atoms with Gasteiger partial charge >= 0.3 is 0 Å². The Hall–Kier alpha value is -2.23. The highest BCUT2D eigenvalue weighted by molar-refractivity contribution is 5.66. The van der Waals surface area contributed by atoms with Crippen molar-refractivity contribution in [3.05, 3.63) is 65.5 Å². The lowest BCUT2D eigenvalue weighted by atomic mass is 9.77. The Morgan fingerprint density at radius 2 is 1.69 bits per heavy atom. The third kappa shape index (κ3) is 5.04. The maximum Gasteiger partial charge on any atom is 0.201 e. The van der Waals surface area contributed by atoms with Crippen molar-refractivity contribution in [2.75, 3.05) is 6.61 Å². The van der Waals surface area contributed by atoms with Gasteiger partial charge in [-0.1, -0.05) is 24.3 Å². The molecule has 2 aromatic rings. The van der Waals surface area contributed by atoms with Gasteiger partial charge in [0.05, 0.1) is 6.61 Å². The number of halogens is 3. The molecule has 0 aliphatic heterocycles. The van der Waals surface area contributed by atoms with Crippen molar-refractivity contribution < 1.29 is 17.9 Å². The smallest absolute Gasteiger partial charge is 0.201 e. The van der Waals surface area contributed by atoms with E-state index < -0.39 is 17.5 Å². The van der Waals surface area contributed by atoms with E-state index >= 15 is 0 Å². The first kappa shape index (κ1) is 21.5. The van der Waals surface area contributed by atoms with E-state index in [-0.39, 0.29) is 23.5 Å². The summed E-state index contributed by atoms with van der Waals surface area (Å²) < 4.78 is 48.5. The summed E-state index contributed by atoms with van der Waals surface area (Å²) >= 11 is 0. The van der Waals surface area contributed by atoms with Crippen molar-refractivity contribution in [1.29, 1.82) is 0 Å². The second kappa shape index (κ2) is 10.00. The molecule has 156 valence electrons. The van der Waals surface area contributed by atoms with Crippen LogP contribution in [0.2, 0.25) is 0 Å². The molecule has 0 aromatic heterocycles. The minimum absolute atomic E-state index is 0.0771. The average Bonchev–Trinajstić information content (AvgIpc) is 2.73. The van der Waals surface area contributed by atoms with Crippen molar-refractivity contribution >= 4 is 0 Å². The number of hydrogen-bond donors (Lipinski definition) is 0. The van der Waals surface area contributed by atoms with E-state index in [1.807, 2.05) is 13.0 Å². The van der Waals surface area contributed by atoms with Crippen LogP contribution in [0.1, 0.15) is 63.9 Å². The minimum atomic E-state index is -1.08. The zero-order chi connectivity index (χ0) is 20.8. The zero-order valence-electron chi connectivity index (χ0n) is 17.2. The van der Waals surface area contributed by atoms with Crippen molar-refractivity contribution in [3.63, 3.8) is 0 Å². The second-order valence-electron chi connectivity index (χ2n) is 7.78. The lowest BCUT2D eigenvalue weighted by Gasteiger charge is -2.28. The van der Waals surface area contributed by atoms with E-state index in [0.717, 1.165) is 43.6 Å². The summed E-state index contributed by atoms with van der Waals surface area (Å²) in [6.07, 6.45) is 11.1. The number of allylic oxidation sites excluding steroid dienone is 2. The minimum Gasteiger partial charge on any atom is -0.491 e. The molecule has 0 N–H and O–H groups in total. The average molecular weight is 403 g/mol. The molecule has 0 atom stereocenters. The Morgan fingerprint density at radius 1 is 0.966 bits per heavy atom. The van der Waals surface area contributed by atoms with E-state index in [9.17, 15) is 13.2 Å². The van der Waals surface area contributed by atoms with Gasteiger partial charge in [-0.2, -0.15) is 4.39 Å². The van der Waals surface area contributed by atoms with Gasteiger partial charge in [-0.3, -0.25) is 0 Å². The van der Waals surface area contributed by atoms with Crippen molar-refractivity contribution in [3.8, 4) is 16.9 Å². The first-order valence-electron chi connectivity index (χ1n) is 10.6. The topological polar surface area (TPSA) is 9.23 Å². The fraction of sp³-hybridized carbons (Fsp3) is 0.440. The number of hydrogen-bond acceptors (Lipinski definition) is 1. The first-order valence-corrected chi connectivity index (χ1v) is 10.6. The molecule has 1 aliphatic rings. The summed E-state index contributed by atoms with van der Waals surface area (Å²) in [4.78, 5) is 0. The maximum atomic E-state index is 14.8. The molecule has 0 heterocycles. The van der Waals surface area contributed by atoms with Crippen LogP contribution < -0.4 is 4.74 Å². The van der Waals surface area contributed by atoms with Gasteiger partial charge in [0.25, 0.3) is 0 Å². The van der Waals surface area contributed by atoms with Crippen LogP contribution in [-0.2, 0) is 0 Å². The Labute approximate surface area is 171 Å². The molecular formula is C25H29F3O. The van der Waals surface area contributed by atoms with Crippen LogP contribution in [0.3, 0.4) is 0 Å². The van der Waals surface area contributed by atoms with Crippen LogP contribution in [0, 0.1) is 23.4 Å². The molecule has 3 rings (SSSR count). The number of rotatable bonds is 7. The predicted molar refractivity (Wildman–Crippen MR) is 112 cm³/mol. The predicted octanol–water partition coefficient (Wildman–Crippen LogP) is 7.80. The van der Waals surface area contributed by atoms with Crippen molar-refractivity contribution in [2.24, 2.45) is 5.92 Å². The van der Waals surface area contributed by atoms with Crippen molar-refractivity contribution in [1.82, 2.24) is 0 Å². The van der Waals surface area contributed by atoms with Gasteiger partial charge in [-0.05, 0) is 88.0 Å². The molecule has 0 spiro atoms. The highest BCUT2D eigenvalue weighted by atomic mass is 19.2. The molecule has 0 saturated heterocycles. The van der Waals surface area contributed by atoms with Gasteiger partial charge in [0, 0.05) is 11.1 Å². The third-order valence-electron chi connectivity index (χ3n) is 5.93. The summed E-state index contributed by atoms with van der Waals surface area (Å²) in [6.45, 7) is 3.97. The lowest BCUT2D eigenvalue weighted by molar-refractivity contribution is 0.311. The molecule has 4 heteroatoms. The van der Waals surface area contributed by atoms with Gasteiger partial charge < -0.3 is 4.74 Å². The highest BCUT2D eigenvalue weighted by Gasteiger charge is 2.24. The van der Waals surface area contributed by atoms with Gasteiger partial charge in [0.1, 0.15) is 5.82 Å². The summed E-state index contributed by atoms with van der Waals surface area (Å²) in [5, 5.41) is 0. The summed E-state index contributed by atoms with van der Waals surface area (Å²) in [7, 11) is 0. The summed E-state index contributed by atoms with van der Waals surface area (Å²) in [5.74, 6) is -1.75. The Balaban J connectivity index is 1.72. The fourth-order valence-corrected chi connectivity index (χ4v) is 4.29. The van der Waals surface area contributed by atoms with Crippen LogP contribution in [0.15, 0.2) is 42.5 Å². The molecular weight excluding hydrogens is 373 g/mol. The van der Waals surface area contributed by atoms with Crippen molar-refractivity contribution in [2.45, 2.75) is 58.3 Å². The summed E-state index contributed by atoms with van der Waals surface area (Å²) in [6, 6.07) is 7.64. The largest absolute Gasteiger partial charge is 0.491 e. The molecule has 1 nitrogen and oxygen atoms in total. The van der Waals surface area contributed by atoms with Crippen LogP contribution in [0.25, 0.3) is 11.1 Å². The molecule has 1 aliphatic carbocycles. The van der Waals surface area contributed by atoms with Crippen LogP contribution in [-0.4, -0.2) is 6.61 Å². The molecule has 29 heavy (non-hydrogen) atoms. The van der Waals surface area contributed by atoms with E-state index in [2.05, 4.69) is 12.2 Å². The van der Waals surface area contributed by atoms with Gasteiger partial charge in [-0.25, -0.2) is 8.78 Å². The van der Waals surface area contributed by atoms with Crippen LogP contribution >= 0.6 is 0 Å². The first-order chi connectivity index (χ1) is 14.0. The Morgan fingerprint density at radius 3 is 2.34 bits per heavy atom. The SMILES string of the molecule is C/C=C/CCC1CCC(c2ccc(-c3ccc(OCC)c(F)c3F)c(F)c2)CC1.